The molecule has 7 nitrogen and oxygen atoms in total. The van der Waals surface area contributed by atoms with E-state index in [9.17, 15) is 8.42 Å². The summed E-state index contributed by atoms with van der Waals surface area (Å²) in [6.45, 7) is 1.93. The fraction of sp³-hybridized carbons (Fsp3) is 0.0870. The Bertz CT molecular complexity index is 1290. The minimum atomic E-state index is -3.81. The molecule has 1 heterocycles. The standard InChI is InChI=1S/C23H22N4O3S/c1-16-15-23(27(25-16)21-11-9-20(10-12-21)26-31(24,28)29)19-5-3-17(4-6-19)18-7-13-22(30-2)14-8-18/h3-15,26H,1-2H3,(H2,24,28,29). The van der Waals surface area contributed by atoms with E-state index in [0.717, 1.165) is 39.5 Å². The van der Waals surface area contributed by atoms with E-state index in [1.807, 2.05) is 41.9 Å². The predicted octanol–water partition coefficient (Wildman–Crippen LogP) is 4.14. The normalized spacial score (nSPS) is 11.3. The Morgan fingerprint density at radius 3 is 1.97 bits per heavy atom. The van der Waals surface area contributed by atoms with E-state index in [1.54, 1.807) is 31.4 Å². The van der Waals surface area contributed by atoms with Crippen molar-refractivity contribution in [2.24, 2.45) is 5.14 Å². The summed E-state index contributed by atoms with van der Waals surface area (Å²) in [5.41, 5.74) is 6.24. The number of anilines is 1. The van der Waals surface area contributed by atoms with Crippen LogP contribution in [0.2, 0.25) is 0 Å². The molecule has 0 unspecified atom stereocenters. The second-order valence-electron chi connectivity index (χ2n) is 7.08. The largest absolute Gasteiger partial charge is 0.497 e. The van der Waals surface area contributed by atoms with Crippen LogP contribution < -0.4 is 14.6 Å². The monoisotopic (exact) mass is 434 g/mol. The van der Waals surface area contributed by atoms with Gasteiger partial charge in [-0.05, 0) is 60.5 Å². The summed E-state index contributed by atoms with van der Waals surface area (Å²) in [7, 11) is -2.16. The van der Waals surface area contributed by atoms with E-state index in [-0.39, 0.29) is 0 Å². The summed E-state index contributed by atoms with van der Waals surface area (Å²) in [5, 5.41) is 9.63. The molecule has 4 aromatic rings. The number of rotatable bonds is 6. The van der Waals surface area contributed by atoms with E-state index >= 15 is 0 Å². The summed E-state index contributed by atoms with van der Waals surface area (Å²) in [5.74, 6) is 0.824. The molecular formula is C23H22N4O3S. The van der Waals surface area contributed by atoms with Crippen LogP contribution in [0.3, 0.4) is 0 Å². The Morgan fingerprint density at radius 2 is 1.42 bits per heavy atom. The zero-order chi connectivity index (χ0) is 22.0. The van der Waals surface area contributed by atoms with E-state index in [0.29, 0.717) is 5.69 Å². The zero-order valence-corrected chi connectivity index (χ0v) is 17.9. The molecule has 0 aliphatic heterocycles. The van der Waals surface area contributed by atoms with Gasteiger partial charge in [0, 0.05) is 11.3 Å². The van der Waals surface area contributed by atoms with Crippen molar-refractivity contribution in [1.82, 2.24) is 9.78 Å². The van der Waals surface area contributed by atoms with Gasteiger partial charge in [0.1, 0.15) is 5.75 Å². The molecule has 31 heavy (non-hydrogen) atoms. The first-order chi connectivity index (χ1) is 14.8. The molecular weight excluding hydrogens is 412 g/mol. The number of benzene rings is 3. The second-order valence-corrected chi connectivity index (χ2v) is 8.38. The van der Waals surface area contributed by atoms with Gasteiger partial charge in [-0.3, -0.25) is 4.72 Å². The number of hydrogen-bond acceptors (Lipinski definition) is 4. The lowest BCUT2D eigenvalue weighted by Gasteiger charge is -2.10. The molecule has 3 N–H and O–H groups in total. The number of nitrogens with two attached hydrogens (primary N) is 1. The molecule has 8 heteroatoms. The highest BCUT2D eigenvalue weighted by atomic mass is 32.2. The molecule has 0 atom stereocenters. The lowest BCUT2D eigenvalue weighted by Crippen LogP contribution is -2.21. The Hall–Kier alpha value is -3.62. The van der Waals surface area contributed by atoms with Gasteiger partial charge < -0.3 is 4.74 Å². The van der Waals surface area contributed by atoms with Crippen LogP contribution in [0.15, 0.2) is 78.9 Å². The van der Waals surface area contributed by atoms with Gasteiger partial charge in [0.15, 0.2) is 0 Å². The summed E-state index contributed by atoms with van der Waals surface area (Å²) < 4.78 is 31.7. The van der Waals surface area contributed by atoms with Gasteiger partial charge in [-0.25, -0.2) is 9.82 Å². The maximum atomic E-state index is 11.2. The molecule has 0 radical (unpaired) electrons. The van der Waals surface area contributed by atoms with Gasteiger partial charge in [-0.1, -0.05) is 36.4 Å². The molecule has 0 saturated heterocycles. The van der Waals surface area contributed by atoms with Crippen molar-refractivity contribution in [3.63, 3.8) is 0 Å². The van der Waals surface area contributed by atoms with Gasteiger partial charge in [-0.15, -0.1) is 0 Å². The van der Waals surface area contributed by atoms with Crippen LogP contribution in [0.4, 0.5) is 5.69 Å². The Labute approximate surface area is 181 Å². The van der Waals surface area contributed by atoms with Crippen molar-refractivity contribution in [1.29, 1.82) is 0 Å². The van der Waals surface area contributed by atoms with Crippen LogP contribution in [0.5, 0.6) is 5.75 Å². The Kier molecular flexibility index (Phi) is 5.50. The van der Waals surface area contributed by atoms with Gasteiger partial charge >= 0.3 is 0 Å². The molecule has 4 rings (SSSR count). The fourth-order valence-electron chi connectivity index (χ4n) is 3.35. The Balaban J connectivity index is 1.63. The average Bonchev–Trinajstić information content (AvgIpc) is 3.15. The first kappa shape index (κ1) is 20.6. The minimum Gasteiger partial charge on any atom is -0.497 e. The molecule has 0 spiro atoms. The van der Waals surface area contributed by atoms with Gasteiger partial charge in [-0.2, -0.15) is 13.5 Å². The predicted molar refractivity (Wildman–Crippen MR) is 122 cm³/mol. The van der Waals surface area contributed by atoms with E-state index in [1.165, 1.54) is 0 Å². The summed E-state index contributed by atoms with van der Waals surface area (Å²) in [6.07, 6.45) is 0. The number of nitrogens with one attached hydrogen (secondary N) is 1. The first-order valence-electron chi connectivity index (χ1n) is 9.55. The third-order valence-corrected chi connectivity index (χ3v) is 5.33. The SMILES string of the molecule is COc1ccc(-c2ccc(-c3cc(C)nn3-c3ccc(NS(N)(=O)=O)cc3)cc2)cc1. The van der Waals surface area contributed by atoms with Crippen molar-refractivity contribution < 1.29 is 13.2 Å². The highest BCUT2D eigenvalue weighted by Gasteiger charge is 2.11. The number of hydrogen-bond donors (Lipinski definition) is 2. The highest BCUT2D eigenvalue weighted by molar-refractivity contribution is 7.90. The van der Waals surface area contributed by atoms with Gasteiger partial charge in [0.05, 0.1) is 24.2 Å². The first-order valence-corrected chi connectivity index (χ1v) is 11.1. The molecule has 0 fully saturated rings. The maximum absolute atomic E-state index is 11.2. The molecule has 158 valence electrons. The van der Waals surface area contributed by atoms with Crippen LogP contribution >= 0.6 is 0 Å². The van der Waals surface area contributed by atoms with Crippen molar-refractivity contribution >= 4 is 15.9 Å². The van der Waals surface area contributed by atoms with Gasteiger partial charge in [0.25, 0.3) is 10.2 Å². The van der Waals surface area contributed by atoms with Crippen LogP contribution in [0.1, 0.15) is 5.69 Å². The molecule has 0 aliphatic carbocycles. The topological polar surface area (TPSA) is 99.2 Å². The highest BCUT2D eigenvalue weighted by Crippen LogP contribution is 2.28. The van der Waals surface area contributed by atoms with Crippen molar-refractivity contribution in [2.45, 2.75) is 6.92 Å². The fourth-order valence-corrected chi connectivity index (χ4v) is 3.82. The molecule has 0 bridgehead atoms. The van der Waals surface area contributed by atoms with E-state index in [2.05, 4.69) is 34.1 Å². The quantitative estimate of drug-likeness (QED) is 0.476. The molecule has 0 amide bonds. The summed E-state index contributed by atoms with van der Waals surface area (Å²) >= 11 is 0. The maximum Gasteiger partial charge on any atom is 0.296 e. The van der Waals surface area contributed by atoms with Crippen LogP contribution in [-0.2, 0) is 10.2 Å². The number of nitrogens with zero attached hydrogens (tertiary/aromatic N) is 2. The lowest BCUT2D eigenvalue weighted by atomic mass is 10.0. The van der Waals surface area contributed by atoms with E-state index < -0.39 is 10.2 Å². The summed E-state index contributed by atoms with van der Waals surface area (Å²) in [6, 6.07) is 25.1. The van der Waals surface area contributed by atoms with Gasteiger partial charge in [0.2, 0.25) is 0 Å². The van der Waals surface area contributed by atoms with Crippen molar-refractivity contribution in [3.8, 4) is 33.8 Å². The van der Waals surface area contributed by atoms with Crippen molar-refractivity contribution in [3.05, 3.63) is 84.6 Å². The van der Waals surface area contributed by atoms with Crippen LogP contribution in [-0.4, -0.2) is 25.3 Å². The lowest BCUT2D eigenvalue weighted by molar-refractivity contribution is 0.415. The number of aromatic nitrogens is 2. The minimum absolute atomic E-state index is 0.389. The van der Waals surface area contributed by atoms with Crippen molar-refractivity contribution in [2.75, 3.05) is 11.8 Å². The smallest absolute Gasteiger partial charge is 0.296 e. The zero-order valence-electron chi connectivity index (χ0n) is 17.1. The molecule has 3 aromatic carbocycles. The average molecular weight is 435 g/mol. The third kappa shape index (κ3) is 4.76. The van der Waals surface area contributed by atoms with E-state index in [4.69, 9.17) is 9.88 Å². The molecule has 0 aliphatic rings. The number of methoxy groups -OCH3 is 1. The summed E-state index contributed by atoms with van der Waals surface area (Å²) in [4.78, 5) is 0. The number of aryl methyl sites for hydroxylation is 1. The van der Waals surface area contributed by atoms with Crippen LogP contribution in [0.25, 0.3) is 28.1 Å². The molecule has 0 saturated carbocycles. The van der Waals surface area contributed by atoms with Crippen LogP contribution in [0, 0.1) is 6.92 Å². The number of ether oxygens (including phenoxy) is 1. The Morgan fingerprint density at radius 1 is 0.871 bits per heavy atom. The second kappa shape index (κ2) is 8.25. The molecule has 1 aromatic heterocycles. The third-order valence-electron chi connectivity index (χ3n) is 4.81.